The Bertz CT molecular complexity index is 467. The van der Waals surface area contributed by atoms with Gasteiger partial charge in [-0.15, -0.1) is 11.3 Å². The fourth-order valence-corrected chi connectivity index (χ4v) is 4.24. The number of carbonyl (C=O) groups excluding carboxylic acids is 1. The summed E-state index contributed by atoms with van der Waals surface area (Å²) in [6.07, 6.45) is 1.13. The van der Waals surface area contributed by atoms with Crippen molar-refractivity contribution < 1.29 is 9.53 Å². The molecule has 6 heteroatoms. The molecule has 1 aliphatic carbocycles. The van der Waals surface area contributed by atoms with E-state index < -0.39 is 0 Å². The Kier molecular flexibility index (Phi) is 4.75. The van der Waals surface area contributed by atoms with Crippen LogP contribution in [0.4, 0.5) is 0 Å². The second kappa shape index (κ2) is 5.84. The van der Waals surface area contributed by atoms with Crippen LogP contribution in [0.15, 0.2) is 14.3 Å². The lowest BCUT2D eigenvalue weighted by Crippen LogP contribution is -2.62. The minimum Gasteiger partial charge on any atom is -0.378 e. The van der Waals surface area contributed by atoms with Crippen LogP contribution in [-0.2, 0) is 4.74 Å². The minimum atomic E-state index is -0.00979. The molecular weight excluding hydrogens is 394 g/mol. The van der Waals surface area contributed by atoms with Gasteiger partial charge >= 0.3 is 0 Å². The monoisotopic (exact) mass is 409 g/mol. The van der Waals surface area contributed by atoms with Gasteiger partial charge in [-0.05, 0) is 51.3 Å². The quantitative estimate of drug-likeness (QED) is 0.807. The van der Waals surface area contributed by atoms with Crippen LogP contribution in [0, 0.1) is 5.41 Å². The van der Waals surface area contributed by atoms with Gasteiger partial charge in [0.2, 0.25) is 0 Å². The lowest BCUT2D eigenvalue weighted by atomic mass is 9.64. The van der Waals surface area contributed by atoms with E-state index in [1.54, 1.807) is 0 Å². The number of hydrogen-bond acceptors (Lipinski definition) is 3. The molecule has 0 aliphatic heterocycles. The molecule has 1 heterocycles. The predicted molar refractivity (Wildman–Crippen MR) is 84.8 cm³/mol. The van der Waals surface area contributed by atoms with Crippen molar-refractivity contribution in [3.63, 3.8) is 0 Å². The van der Waals surface area contributed by atoms with Crippen molar-refractivity contribution in [1.29, 1.82) is 0 Å². The fraction of sp³-hybridized carbons (Fsp3) is 0.615. The van der Waals surface area contributed by atoms with E-state index in [-0.39, 0.29) is 23.5 Å². The molecule has 3 nitrogen and oxygen atoms in total. The Morgan fingerprint density at radius 3 is 2.74 bits per heavy atom. The average molecular weight is 411 g/mol. The molecule has 2 unspecified atom stereocenters. The minimum absolute atomic E-state index is 0.00259. The molecule has 19 heavy (non-hydrogen) atoms. The van der Waals surface area contributed by atoms with Gasteiger partial charge in [0.1, 0.15) is 0 Å². The first kappa shape index (κ1) is 15.5. The summed E-state index contributed by atoms with van der Waals surface area (Å²) in [4.78, 5) is 12.9. The maximum atomic E-state index is 12.2. The number of rotatable bonds is 4. The van der Waals surface area contributed by atoms with Crippen molar-refractivity contribution in [2.24, 2.45) is 5.41 Å². The van der Waals surface area contributed by atoms with Gasteiger partial charge in [-0.3, -0.25) is 4.79 Å². The van der Waals surface area contributed by atoms with Gasteiger partial charge in [-0.1, -0.05) is 13.8 Å². The molecule has 2 rings (SSSR count). The van der Waals surface area contributed by atoms with Crippen molar-refractivity contribution >= 4 is 49.1 Å². The van der Waals surface area contributed by atoms with Crippen LogP contribution in [0.3, 0.4) is 0 Å². The van der Waals surface area contributed by atoms with E-state index in [9.17, 15) is 4.79 Å². The van der Waals surface area contributed by atoms with Gasteiger partial charge in [-0.2, -0.15) is 0 Å². The summed E-state index contributed by atoms with van der Waals surface area (Å²) < 4.78 is 7.53. The predicted octanol–water partition coefficient (Wildman–Crippen LogP) is 4.21. The Labute approximate surface area is 134 Å². The highest BCUT2D eigenvalue weighted by molar-refractivity contribution is 9.13. The second-order valence-electron chi connectivity index (χ2n) is 5.26. The molecule has 1 amide bonds. The highest BCUT2D eigenvalue weighted by Crippen LogP contribution is 2.43. The maximum absolute atomic E-state index is 12.2. The molecule has 1 aromatic heterocycles. The van der Waals surface area contributed by atoms with Gasteiger partial charge in [-0.25, -0.2) is 0 Å². The molecule has 0 spiro atoms. The largest absolute Gasteiger partial charge is 0.378 e. The van der Waals surface area contributed by atoms with Crippen molar-refractivity contribution in [1.82, 2.24) is 5.32 Å². The molecule has 106 valence electrons. The van der Waals surface area contributed by atoms with Crippen LogP contribution in [0.1, 0.15) is 36.9 Å². The van der Waals surface area contributed by atoms with Crippen molar-refractivity contribution in [2.75, 3.05) is 6.61 Å². The highest BCUT2D eigenvalue weighted by atomic mass is 79.9. The molecular formula is C13H17Br2NO2S. The molecule has 1 N–H and O–H groups in total. The number of hydrogen-bond donors (Lipinski definition) is 1. The summed E-state index contributed by atoms with van der Waals surface area (Å²) in [6.45, 7) is 7.01. The topological polar surface area (TPSA) is 38.3 Å². The van der Waals surface area contributed by atoms with Crippen LogP contribution in [0.5, 0.6) is 0 Å². The average Bonchev–Trinajstić information content (AvgIpc) is 2.68. The van der Waals surface area contributed by atoms with E-state index in [4.69, 9.17) is 4.74 Å². The standard InChI is InChI=1S/C13H17Br2NO2S/c1-4-18-10-6-9(13(10,2)3)16-12(17)8-5-7(14)11(15)19-8/h5,9-10H,4,6H2,1-3H3,(H,16,17). The molecule has 0 bridgehead atoms. The number of halogens is 2. The molecule has 0 aromatic carbocycles. The molecule has 1 saturated carbocycles. The summed E-state index contributed by atoms with van der Waals surface area (Å²) in [6, 6.07) is 2.02. The second-order valence-corrected chi connectivity index (χ2v) is 8.48. The third kappa shape index (κ3) is 3.06. The Morgan fingerprint density at radius 2 is 2.26 bits per heavy atom. The van der Waals surface area contributed by atoms with Crippen LogP contribution in [0.2, 0.25) is 0 Å². The first-order valence-electron chi connectivity index (χ1n) is 6.23. The highest BCUT2D eigenvalue weighted by Gasteiger charge is 2.49. The summed E-state index contributed by atoms with van der Waals surface area (Å²) in [5, 5.41) is 3.10. The normalized spacial score (nSPS) is 24.9. The summed E-state index contributed by atoms with van der Waals surface area (Å²) in [5.41, 5.74) is -0.00259. The summed E-state index contributed by atoms with van der Waals surface area (Å²) in [7, 11) is 0. The van der Waals surface area contributed by atoms with Crippen LogP contribution in [-0.4, -0.2) is 24.7 Å². The van der Waals surface area contributed by atoms with Crippen molar-refractivity contribution in [3.05, 3.63) is 19.2 Å². The smallest absolute Gasteiger partial charge is 0.261 e. The van der Waals surface area contributed by atoms with Gasteiger partial charge in [0.15, 0.2) is 0 Å². The molecule has 1 fully saturated rings. The summed E-state index contributed by atoms with van der Waals surface area (Å²) in [5.74, 6) is -0.00979. The summed E-state index contributed by atoms with van der Waals surface area (Å²) >= 11 is 8.24. The maximum Gasteiger partial charge on any atom is 0.261 e. The first-order valence-corrected chi connectivity index (χ1v) is 8.63. The SMILES string of the molecule is CCOC1CC(NC(=O)c2cc(Br)c(Br)s2)C1(C)C. The van der Waals surface area contributed by atoms with E-state index in [1.165, 1.54) is 11.3 Å². The van der Waals surface area contributed by atoms with Gasteiger partial charge in [0.25, 0.3) is 5.91 Å². The van der Waals surface area contributed by atoms with Gasteiger partial charge < -0.3 is 10.1 Å². The lowest BCUT2D eigenvalue weighted by molar-refractivity contribution is -0.111. The van der Waals surface area contributed by atoms with Crippen LogP contribution >= 0.6 is 43.2 Å². The fourth-order valence-electron chi connectivity index (χ4n) is 2.30. The number of amides is 1. The Balaban J connectivity index is 1.98. The Morgan fingerprint density at radius 1 is 1.58 bits per heavy atom. The van der Waals surface area contributed by atoms with E-state index in [0.29, 0.717) is 0 Å². The lowest BCUT2D eigenvalue weighted by Gasteiger charge is -2.51. The van der Waals surface area contributed by atoms with Crippen LogP contribution < -0.4 is 5.32 Å². The number of carbonyl (C=O) groups is 1. The third-order valence-corrected chi connectivity index (χ3v) is 6.97. The number of thiophene rings is 1. The van der Waals surface area contributed by atoms with E-state index in [1.807, 2.05) is 13.0 Å². The van der Waals surface area contributed by atoms with Gasteiger partial charge in [0.05, 0.1) is 14.8 Å². The molecule has 1 aliphatic rings. The third-order valence-electron chi connectivity index (χ3n) is 3.72. The first-order chi connectivity index (χ1) is 8.86. The van der Waals surface area contributed by atoms with Crippen molar-refractivity contribution in [3.8, 4) is 0 Å². The molecule has 1 aromatic rings. The van der Waals surface area contributed by atoms with Crippen molar-refractivity contribution in [2.45, 2.75) is 39.3 Å². The zero-order valence-electron chi connectivity index (χ0n) is 11.1. The van der Waals surface area contributed by atoms with Gasteiger partial charge in [0, 0.05) is 22.5 Å². The zero-order valence-corrected chi connectivity index (χ0v) is 15.1. The molecule has 0 saturated heterocycles. The number of nitrogens with one attached hydrogen (secondary N) is 1. The zero-order chi connectivity index (χ0) is 14.2. The number of ether oxygens (including phenoxy) is 1. The Hall–Kier alpha value is 0.0900. The van der Waals surface area contributed by atoms with E-state index in [0.717, 1.165) is 26.2 Å². The van der Waals surface area contributed by atoms with Crippen LogP contribution in [0.25, 0.3) is 0 Å². The van der Waals surface area contributed by atoms with E-state index in [2.05, 4.69) is 51.0 Å². The molecule has 0 radical (unpaired) electrons. The molecule has 2 atom stereocenters. The van der Waals surface area contributed by atoms with E-state index >= 15 is 0 Å².